The molecule has 0 spiro atoms. The fraction of sp³-hybridized carbons (Fsp3) is 0.500. The highest BCUT2D eigenvalue weighted by Crippen LogP contribution is 2.53. The van der Waals surface area contributed by atoms with Gasteiger partial charge in [-0.1, -0.05) is 6.07 Å². The molecule has 1 aromatic heterocycles. The number of alkyl halides is 2. The summed E-state index contributed by atoms with van der Waals surface area (Å²) in [5, 5.41) is 0. The van der Waals surface area contributed by atoms with E-state index in [1.54, 1.807) is 18.2 Å². The average molecular weight is 278 g/mol. The first-order valence-corrected chi connectivity index (χ1v) is 5.33. The zero-order valence-corrected chi connectivity index (χ0v) is 9.72. The van der Waals surface area contributed by atoms with E-state index in [2.05, 4.69) is 20.9 Å². The van der Waals surface area contributed by atoms with E-state index in [4.69, 9.17) is 4.74 Å². The molecule has 1 aromatic rings. The lowest BCUT2D eigenvalue weighted by Crippen LogP contribution is -2.51. The lowest BCUT2D eigenvalue weighted by molar-refractivity contribution is -0.225. The van der Waals surface area contributed by atoms with Crippen LogP contribution < -0.4 is 0 Å². The highest BCUT2D eigenvalue weighted by molar-refractivity contribution is 9.10. The molecule has 0 unspecified atom stereocenters. The smallest absolute Gasteiger partial charge is 0.254 e. The summed E-state index contributed by atoms with van der Waals surface area (Å²) in [6.45, 7) is 0. The van der Waals surface area contributed by atoms with Crippen LogP contribution in [0.4, 0.5) is 8.78 Å². The number of ether oxygens (including phenoxy) is 1. The molecule has 0 radical (unpaired) electrons. The maximum atomic E-state index is 12.9. The van der Waals surface area contributed by atoms with Crippen LogP contribution >= 0.6 is 15.9 Å². The third-order valence-electron chi connectivity index (χ3n) is 2.66. The maximum absolute atomic E-state index is 12.9. The zero-order valence-electron chi connectivity index (χ0n) is 8.14. The van der Waals surface area contributed by atoms with Gasteiger partial charge in [0.2, 0.25) is 0 Å². The number of pyridine rings is 1. The number of halogens is 3. The molecular weight excluding hydrogens is 268 g/mol. The minimum absolute atomic E-state index is 0.292. The van der Waals surface area contributed by atoms with E-state index in [0.29, 0.717) is 10.3 Å². The number of aromatic nitrogens is 1. The van der Waals surface area contributed by atoms with E-state index in [-0.39, 0.29) is 12.8 Å². The molecule has 0 bridgehead atoms. The molecule has 2 rings (SSSR count). The second kappa shape index (κ2) is 3.49. The molecule has 82 valence electrons. The molecule has 15 heavy (non-hydrogen) atoms. The fourth-order valence-corrected chi connectivity index (χ4v) is 2.22. The lowest BCUT2D eigenvalue weighted by Gasteiger charge is -2.45. The molecule has 0 saturated heterocycles. The van der Waals surface area contributed by atoms with Gasteiger partial charge in [0.1, 0.15) is 10.2 Å². The monoisotopic (exact) mass is 277 g/mol. The van der Waals surface area contributed by atoms with Crippen molar-refractivity contribution in [1.82, 2.24) is 4.98 Å². The minimum atomic E-state index is -2.62. The Morgan fingerprint density at radius 1 is 1.40 bits per heavy atom. The highest BCUT2D eigenvalue weighted by atomic mass is 79.9. The van der Waals surface area contributed by atoms with Gasteiger partial charge < -0.3 is 4.74 Å². The molecule has 0 aliphatic heterocycles. The van der Waals surface area contributed by atoms with Crippen molar-refractivity contribution < 1.29 is 13.5 Å². The second-order valence-corrected chi connectivity index (χ2v) is 4.57. The minimum Gasteiger partial charge on any atom is -0.371 e. The maximum Gasteiger partial charge on any atom is 0.254 e. The molecular formula is C10H10BrF2NO. The van der Waals surface area contributed by atoms with E-state index < -0.39 is 11.5 Å². The summed E-state index contributed by atoms with van der Waals surface area (Å²) in [7, 11) is 1.44. The predicted octanol–water partition coefficient (Wildman–Crippen LogP) is 3.11. The molecule has 5 heteroatoms. The van der Waals surface area contributed by atoms with Gasteiger partial charge in [-0.15, -0.1) is 0 Å². The molecule has 1 fully saturated rings. The lowest BCUT2D eigenvalue weighted by atomic mass is 9.74. The Hall–Kier alpha value is -0.550. The first-order chi connectivity index (χ1) is 6.97. The van der Waals surface area contributed by atoms with E-state index >= 15 is 0 Å². The van der Waals surface area contributed by atoms with E-state index in [1.807, 2.05) is 0 Å². The summed E-state index contributed by atoms with van der Waals surface area (Å²) in [5.74, 6) is -2.62. The topological polar surface area (TPSA) is 22.1 Å². The van der Waals surface area contributed by atoms with Crippen LogP contribution in [0.3, 0.4) is 0 Å². The molecule has 0 amide bonds. The summed E-state index contributed by atoms with van der Waals surface area (Å²) in [6, 6.07) is 5.23. The van der Waals surface area contributed by atoms with Crippen molar-refractivity contribution in [2.75, 3.05) is 7.11 Å². The van der Waals surface area contributed by atoms with Crippen LogP contribution in [-0.4, -0.2) is 18.0 Å². The van der Waals surface area contributed by atoms with Crippen molar-refractivity contribution in [3.63, 3.8) is 0 Å². The standard InChI is InChI=1S/C10H10BrF2NO/c1-15-9(5-10(12,13)6-9)7-3-2-4-8(11)14-7/h2-4H,5-6H2,1H3. The van der Waals surface area contributed by atoms with Gasteiger partial charge in [-0.2, -0.15) is 0 Å². The van der Waals surface area contributed by atoms with Gasteiger partial charge in [0.05, 0.1) is 5.69 Å². The van der Waals surface area contributed by atoms with Crippen LogP contribution in [0.5, 0.6) is 0 Å². The van der Waals surface area contributed by atoms with Gasteiger partial charge in [-0.3, -0.25) is 0 Å². The highest BCUT2D eigenvalue weighted by Gasteiger charge is 2.58. The normalized spacial score (nSPS) is 22.1. The number of hydrogen-bond donors (Lipinski definition) is 0. The molecule has 0 atom stereocenters. The first kappa shape index (κ1) is 11.0. The molecule has 0 N–H and O–H groups in total. The molecule has 1 saturated carbocycles. The van der Waals surface area contributed by atoms with Crippen LogP contribution in [0.25, 0.3) is 0 Å². The average Bonchev–Trinajstić information content (AvgIpc) is 2.13. The van der Waals surface area contributed by atoms with Crippen LogP contribution in [0, 0.1) is 0 Å². The van der Waals surface area contributed by atoms with Gasteiger partial charge in [-0.25, -0.2) is 13.8 Å². The Balaban J connectivity index is 2.29. The third kappa shape index (κ3) is 1.90. The van der Waals surface area contributed by atoms with E-state index in [0.717, 1.165) is 0 Å². The number of methoxy groups -OCH3 is 1. The van der Waals surface area contributed by atoms with Crippen molar-refractivity contribution in [2.24, 2.45) is 0 Å². The van der Waals surface area contributed by atoms with Gasteiger partial charge in [-0.05, 0) is 28.1 Å². The van der Waals surface area contributed by atoms with Crippen LogP contribution in [0.2, 0.25) is 0 Å². The fourth-order valence-electron chi connectivity index (χ4n) is 1.88. The van der Waals surface area contributed by atoms with Gasteiger partial charge in [0, 0.05) is 20.0 Å². The van der Waals surface area contributed by atoms with Crippen LogP contribution in [0.1, 0.15) is 18.5 Å². The second-order valence-electron chi connectivity index (χ2n) is 3.75. The Labute approximate surface area is 94.8 Å². The first-order valence-electron chi connectivity index (χ1n) is 4.53. The Bertz CT molecular complexity index is 375. The number of hydrogen-bond acceptors (Lipinski definition) is 2. The summed E-state index contributed by atoms with van der Waals surface area (Å²) in [4.78, 5) is 4.16. The summed E-state index contributed by atoms with van der Waals surface area (Å²) in [5.41, 5.74) is -0.349. The third-order valence-corrected chi connectivity index (χ3v) is 3.10. The Kier molecular flexibility index (Phi) is 2.55. The summed E-state index contributed by atoms with van der Waals surface area (Å²) < 4.78 is 31.6. The molecule has 1 heterocycles. The Morgan fingerprint density at radius 2 is 2.07 bits per heavy atom. The van der Waals surface area contributed by atoms with Gasteiger partial charge in [0.15, 0.2) is 0 Å². The summed E-state index contributed by atoms with van der Waals surface area (Å²) in [6.07, 6.45) is -0.583. The van der Waals surface area contributed by atoms with Crippen molar-refractivity contribution in [1.29, 1.82) is 0 Å². The van der Waals surface area contributed by atoms with Gasteiger partial charge >= 0.3 is 0 Å². The van der Waals surface area contributed by atoms with Crippen molar-refractivity contribution in [3.8, 4) is 0 Å². The Morgan fingerprint density at radius 3 is 2.53 bits per heavy atom. The molecule has 1 aliphatic rings. The van der Waals surface area contributed by atoms with Crippen molar-refractivity contribution in [2.45, 2.75) is 24.4 Å². The van der Waals surface area contributed by atoms with Crippen LogP contribution in [-0.2, 0) is 10.3 Å². The van der Waals surface area contributed by atoms with E-state index in [1.165, 1.54) is 7.11 Å². The molecule has 1 aliphatic carbocycles. The van der Waals surface area contributed by atoms with Crippen molar-refractivity contribution >= 4 is 15.9 Å². The zero-order chi connectivity index (χ0) is 11.1. The van der Waals surface area contributed by atoms with E-state index in [9.17, 15) is 8.78 Å². The molecule has 0 aromatic carbocycles. The predicted molar refractivity (Wildman–Crippen MR) is 54.8 cm³/mol. The van der Waals surface area contributed by atoms with Crippen LogP contribution in [0.15, 0.2) is 22.8 Å². The van der Waals surface area contributed by atoms with Crippen molar-refractivity contribution in [3.05, 3.63) is 28.5 Å². The van der Waals surface area contributed by atoms with Gasteiger partial charge in [0.25, 0.3) is 5.92 Å². The number of rotatable bonds is 2. The molecule has 2 nitrogen and oxygen atoms in total. The SMILES string of the molecule is COC1(c2cccc(Br)n2)CC(F)(F)C1. The summed E-state index contributed by atoms with van der Waals surface area (Å²) >= 11 is 3.21. The quantitative estimate of drug-likeness (QED) is 0.775. The number of nitrogens with zero attached hydrogens (tertiary/aromatic N) is 1. The largest absolute Gasteiger partial charge is 0.371 e.